The summed E-state index contributed by atoms with van der Waals surface area (Å²) in [6.07, 6.45) is 5.01. The van der Waals surface area contributed by atoms with Crippen LogP contribution in [0.25, 0.3) is 5.57 Å². The first kappa shape index (κ1) is 22.1. The van der Waals surface area contributed by atoms with Crippen LogP contribution in [0.2, 0.25) is 0 Å². The fraction of sp³-hybridized carbons (Fsp3) is 0.565. The quantitative estimate of drug-likeness (QED) is 0.679. The lowest BCUT2D eigenvalue weighted by Gasteiger charge is -2.43. The lowest BCUT2D eigenvalue weighted by molar-refractivity contribution is -0.137. The first-order valence-corrected chi connectivity index (χ1v) is 10.5. The largest absolute Gasteiger partial charge is 0.482 e. The molecule has 1 N–H and O–H groups in total. The van der Waals surface area contributed by atoms with Gasteiger partial charge in [0.25, 0.3) is 0 Å². The van der Waals surface area contributed by atoms with Gasteiger partial charge in [-0.1, -0.05) is 0 Å². The highest BCUT2D eigenvalue weighted by Crippen LogP contribution is 2.43. The normalized spacial score (nSPS) is 17.7. The van der Waals surface area contributed by atoms with Gasteiger partial charge >= 0.3 is 12.1 Å². The molecule has 0 saturated carbocycles. The van der Waals surface area contributed by atoms with E-state index in [-0.39, 0.29) is 18.3 Å². The summed E-state index contributed by atoms with van der Waals surface area (Å²) < 4.78 is 25.6. The van der Waals surface area contributed by atoms with Crippen molar-refractivity contribution in [1.82, 2.24) is 4.90 Å². The third-order valence-electron chi connectivity index (χ3n) is 5.39. The van der Waals surface area contributed by atoms with Crippen LogP contribution in [-0.2, 0) is 9.53 Å². The van der Waals surface area contributed by atoms with E-state index in [2.05, 4.69) is 6.08 Å². The molecule has 30 heavy (non-hydrogen) atoms. The topological polar surface area (TPSA) is 76.1 Å². The third kappa shape index (κ3) is 5.52. The van der Waals surface area contributed by atoms with Crippen LogP contribution in [0.15, 0.2) is 24.3 Å². The molecule has 2 heterocycles. The summed E-state index contributed by atoms with van der Waals surface area (Å²) in [6, 6.07) is 4.51. The highest BCUT2D eigenvalue weighted by Gasteiger charge is 2.40. The Morgan fingerprint density at radius 3 is 2.57 bits per heavy atom. The summed E-state index contributed by atoms with van der Waals surface area (Å²) >= 11 is 0. The van der Waals surface area contributed by atoms with Gasteiger partial charge in [-0.25, -0.2) is 9.18 Å². The van der Waals surface area contributed by atoms with E-state index in [1.807, 2.05) is 20.8 Å². The fourth-order valence-corrected chi connectivity index (χ4v) is 3.93. The minimum atomic E-state index is -0.812. The molecule has 0 aliphatic carbocycles. The third-order valence-corrected chi connectivity index (χ3v) is 5.39. The molecule has 1 fully saturated rings. The average molecular weight is 419 g/mol. The zero-order valence-corrected chi connectivity index (χ0v) is 17.9. The molecule has 2 aliphatic heterocycles. The van der Waals surface area contributed by atoms with Crippen molar-refractivity contribution in [3.8, 4) is 5.75 Å². The van der Waals surface area contributed by atoms with E-state index in [1.54, 1.807) is 11.0 Å². The highest BCUT2D eigenvalue weighted by molar-refractivity contribution is 5.74. The Morgan fingerprint density at radius 2 is 1.93 bits per heavy atom. The summed E-state index contributed by atoms with van der Waals surface area (Å²) in [5, 5.41) is 8.86. The van der Waals surface area contributed by atoms with Crippen molar-refractivity contribution in [3.05, 3.63) is 35.7 Å². The van der Waals surface area contributed by atoms with E-state index >= 15 is 0 Å². The second-order valence-corrected chi connectivity index (χ2v) is 9.05. The van der Waals surface area contributed by atoms with Crippen LogP contribution in [0.5, 0.6) is 5.75 Å². The van der Waals surface area contributed by atoms with Gasteiger partial charge < -0.3 is 19.5 Å². The average Bonchev–Trinajstić information content (AvgIpc) is 2.64. The number of fused-ring (bicyclic) bond motifs is 1. The molecule has 164 valence electrons. The smallest absolute Gasteiger partial charge is 0.410 e. The van der Waals surface area contributed by atoms with Gasteiger partial charge in [0.05, 0.1) is 0 Å². The van der Waals surface area contributed by atoms with Crippen LogP contribution < -0.4 is 4.74 Å². The number of ether oxygens (including phenoxy) is 2. The van der Waals surface area contributed by atoms with Crippen LogP contribution in [0.4, 0.5) is 9.18 Å². The number of carboxylic acid groups (broad SMARTS) is 1. The molecule has 1 saturated heterocycles. The standard InChI is InChI=1S/C23H30FNO5/c1-22(2,3)30-21(28)25-12-10-23(11-13-25)15-16(6-4-5-7-20(26)27)18-14-17(24)8-9-19(18)29-23/h8-9,14-15H,4-7,10-13H2,1-3H3,(H,26,27). The molecule has 1 aromatic rings. The minimum absolute atomic E-state index is 0.121. The number of rotatable bonds is 5. The first-order chi connectivity index (χ1) is 14.1. The number of amides is 1. The molecule has 7 heteroatoms. The predicted molar refractivity (Wildman–Crippen MR) is 111 cm³/mol. The van der Waals surface area contributed by atoms with Gasteiger partial charge in [0.15, 0.2) is 0 Å². The van der Waals surface area contributed by atoms with Gasteiger partial charge in [-0.15, -0.1) is 0 Å². The predicted octanol–water partition coefficient (Wildman–Crippen LogP) is 5.02. The highest BCUT2D eigenvalue weighted by atomic mass is 19.1. The SMILES string of the molecule is CC(C)(C)OC(=O)N1CCC2(C=C(CCCCC(=O)O)c3cc(F)ccc3O2)CC1. The summed E-state index contributed by atoms with van der Waals surface area (Å²) in [7, 11) is 0. The first-order valence-electron chi connectivity index (χ1n) is 10.5. The number of carbonyl (C=O) groups excluding carboxylic acids is 1. The molecule has 1 amide bonds. The maximum atomic E-state index is 13.9. The van der Waals surface area contributed by atoms with Crippen molar-refractivity contribution in [2.24, 2.45) is 0 Å². The van der Waals surface area contributed by atoms with Crippen molar-refractivity contribution in [1.29, 1.82) is 0 Å². The van der Waals surface area contributed by atoms with E-state index in [9.17, 15) is 14.0 Å². The van der Waals surface area contributed by atoms with E-state index in [1.165, 1.54) is 12.1 Å². The number of aliphatic carboxylic acids is 1. The van der Waals surface area contributed by atoms with E-state index in [0.717, 1.165) is 11.1 Å². The number of benzene rings is 1. The lowest BCUT2D eigenvalue weighted by atomic mass is 9.83. The molecule has 1 spiro atoms. The molecule has 3 rings (SSSR count). The number of hydrogen-bond donors (Lipinski definition) is 1. The second kappa shape index (κ2) is 8.66. The van der Waals surface area contributed by atoms with Crippen LogP contribution in [0.1, 0.15) is 64.9 Å². The maximum Gasteiger partial charge on any atom is 0.410 e. The van der Waals surface area contributed by atoms with E-state index in [4.69, 9.17) is 14.6 Å². The molecule has 0 aromatic heterocycles. The Kier molecular flexibility index (Phi) is 6.38. The number of allylic oxidation sites excluding steroid dienone is 1. The van der Waals surface area contributed by atoms with Gasteiger partial charge in [-0.05, 0) is 69.9 Å². The van der Waals surface area contributed by atoms with Crippen LogP contribution >= 0.6 is 0 Å². The molecule has 1 aromatic carbocycles. The van der Waals surface area contributed by atoms with E-state index < -0.39 is 17.2 Å². The summed E-state index contributed by atoms with van der Waals surface area (Å²) in [4.78, 5) is 24.8. The Hall–Kier alpha value is -2.57. The maximum absolute atomic E-state index is 13.9. The van der Waals surface area contributed by atoms with Crippen LogP contribution in [0, 0.1) is 5.82 Å². The van der Waals surface area contributed by atoms with Gasteiger partial charge in [0.2, 0.25) is 0 Å². The van der Waals surface area contributed by atoms with Gasteiger partial charge in [0, 0.05) is 37.9 Å². The number of nitrogens with zero attached hydrogens (tertiary/aromatic N) is 1. The van der Waals surface area contributed by atoms with E-state index in [0.29, 0.717) is 50.9 Å². The molecule has 0 bridgehead atoms. The zero-order valence-electron chi connectivity index (χ0n) is 17.9. The minimum Gasteiger partial charge on any atom is -0.482 e. The number of halogens is 1. The van der Waals surface area contributed by atoms with Gasteiger partial charge in [-0.2, -0.15) is 0 Å². The van der Waals surface area contributed by atoms with Crippen LogP contribution in [-0.4, -0.2) is 46.4 Å². The summed E-state index contributed by atoms with van der Waals surface area (Å²) in [5.74, 6) is -0.504. The molecule has 2 aliphatic rings. The van der Waals surface area contributed by atoms with Crippen molar-refractivity contribution >= 4 is 17.6 Å². The zero-order chi connectivity index (χ0) is 21.9. The molecular formula is C23H30FNO5. The van der Waals surface area contributed by atoms with Gasteiger partial charge in [-0.3, -0.25) is 4.79 Å². The monoisotopic (exact) mass is 419 g/mol. The fourth-order valence-electron chi connectivity index (χ4n) is 3.93. The summed E-state index contributed by atoms with van der Waals surface area (Å²) in [6.45, 7) is 6.55. The van der Waals surface area contributed by atoms with Crippen molar-refractivity contribution in [2.45, 2.75) is 70.5 Å². The van der Waals surface area contributed by atoms with Crippen LogP contribution in [0.3, 0.4) is 0 Å². The molecule has 0 radical (unpaired) electrons. The number of unbranched alkanes of at least 4 members (excludes halogenated alkanes) is 1. The number of carboxylic acids is 1. The Bertz CT molecular complexity index is 834. The Morgan fingerprint density at radius 1 is 1.23 bits per heavy atom. The van der Waals surface area contributed by atoms with Crippen molar-refractivity contribution < 1.29 is 28.6 Å². The number of likely N-dealkylation sites (tertiary alicyclic amines) is 1. The Labute approximate surface area is 176 Å². The number of piperidine rings is 1. The van der Waals surface area contributed by atoms with Crippen molar-refractivity contribution in [3.63, 3.8) is 0 Å². The van der Waals surface area contributed by atoms with Crippen molar-refractivity contribution in [2.75, 3.05) is 13.1 Å². The summed E-state index contributed by atoms with van der Waals surface area (Å²) in [5.41, 5.74) is 0.614. The second-order valence-electron chi connectivity index (χ2n) is 9.05. The lowest BCUT2D eigenvalue weighted by Crippen LogP contribution is -2.50. The number of hydrogen-bond acceptors (Lipinski definition) is 4. The Balaban J connectivity index is 1.74. The molecular weight excluding hydrogens is 389 g/mol. The molecule has 0 unspecified atom stereocenters. The van der Waals surface area contributed by atoms with Gasteiger partial charge in [0.1, 0.15) is 22.8 Å². The molecule has 6 nitrogen and oxygen atoms in total. The molecule has 0 atom stereocenters. The number of carbonyl (C=O) groups is 2.